The number of hydrogen-bond acceptors (Lipinski definition) is 1. The molecule has 0 saturated heterocycles. The molecular weight excluding hydrogens is 308 g/mol. The number of hydrogen-bond donors (Lipinski definition) is 0. The second-order valence-electron chi connectivity index (χ2n) is 3.08. The van der Waals surface area contributed by atoms with E-state index >= 15 is 0 Å². The molecule has 1 aliphatic heterocycles. The summed E-state index contributed by atoms with van der Waals surface area (Å²) in [7, 11) is 0. The summed E-state index contributed by atoms with van der Waals surface area (Å²) in [4.78, 5) is 0. The molecule has 0 N–H and O–H groups in total. The molecule has 0 unspecified atom stereocenters. The van der Waals surface area contributed by atoms with E-state index in [0.29, 0.717) is 5.56 Å². The Morgan fingerprint density at radius 3 is 2.71 bits per heavy atom. The van der Waals surface area contributed by atoms with Gasteiger partial charge in [0, 0.05) is 3.57 Å². The third-order valence-corrected chi connectivity index (χ3v) is 2.76. The van der Waals surface area contributed by atoms with Crippen LogP contribution >= 0.6 is 22.6 Å². The lowest BCUT2D eigenvalue weighted by Gasteiger charge is -2.14. The molecule has 1 heterocycles. The molecule has 0 bridgehead atoms. The summed E-state index contributed by atoms with van der Waals surface area (Å²) in [5.41, 5.74) is 0.886. The molecule has 1 aliphatic rings. The number of halogens is 4. The van der Waals surface area contributed by atoms with Crippen molar-refractivity contribution in [3.05, 3.63) is 32.9 Å². The summed E-state index contributed by atoms with van der Waals surface area (Å²) >= 11 is 2.06. The first-order chi connectivity index (χ1) is 6.48. The van der Waals surface area contributed by atoms with E-state index < -0.39 is 12.3 Å². The third kappa shape index (κ3) is 1.75. The zero-order valence-corrected chi connectivity index (χ0v) is 9.09. The average molecular weight is 314 g/mol. The zero-order valence-electron chi connectivity index (χ0n) is 6.94. The predicted octanol–water partition coefficient (Wildman–Crippen LogP) is 3.42. The Morgan fingerprint density at radius 2 is 2.07 bits per heavy atom. The van der Waals surface area contributed by atoms with Gasteiger partial charge < -0.3 is 4.74 Å². The smallest absolute Gasteiger partial charge is 0.359 e. The van der Waals surface area contributed by atoms with E-state index in [4.69, 9.17) is 4.74 Å². The van der Waals surface area contributed by atoms with Crippen LogP contribution < -0.4 is 0 Å². The maximum Gasteiger partial charge on any atom is 0.418 e. The van der Waals surface area contributed by atoms with Gasteiger partial charge in [-0.05, 0) is 45.9 Å². The number of alkyl halides is 3. The van der Waals surface area contributed by atoms with Gasteiger partial charge in [-0.15, -0.1) is 0 Å². The second-order valence-corrected chi connectivity index (χ2v) is 4.32. The summed E-state index contributed by atoms with van der Waals surface area (Å²) in [6.07, 6.45) is -6.05. The van der Waals surface area contributed by atoms with Crippen molar-refractivity contribution < 1.29 is 17.9 Å². The van der Waals surface area contributed by atoms with Gasteiger partial charge in [0.2, 0.25) is 0 Å². The van der Waals surface area contributed by atoms with Gasteiger partial charge in [0.25, 0.3) is 0 Å². The minimum atomic E-state index is -4.31. The highest BCUT2D eigenvalue weighted by Crippen LogP contribution is 2.42. The second kappa shape index (κ2) is 3.37. The van der Waals surface area contributed by atoms with Gasteiger partial charge in [-0.1, -0.05) is 6.07 Å². The highest BCUT2D eigenvalue weighted by atomic mass is 127. The SMILES string of the molecule is FC(F)(F)[C@@H]1OCc2cc(I)ccc21. The van der Waals surface area contributed by atoms with Gasteiger partial charge in [0.15, 0.2) is 6.10 Å². The van der Waals surface area contributed by atoms with E-state index in [1.54, 1.807) is 12.1 Å². The third-order valence-electron chi connectivity index (χ3n) is 2.09. The standard InChI is InChI=1S/C9H6F3IO/c10-9(11,12)8-7-2-1-6(13)3-5(7)4-14-8/h1-3,8H,4H2/t8-/m1/s1. The Bertz CT molecular complexity index is 362. The first-order valence-electron chi connectivity index (χ1n) is 3.95. The van der Waals surface area contributed by atoms with Crippen molar-refractivity contribution in [2.45, 2.75) is 18.9 Å². The van der Waals surface area contributed by atoms with Crippen LogP contribution in [0.2, 0.25) is 0 Å². The maximum atomic E-state index is 12.4. The number of rotatable bonds is 0. The van der Waals surface area contributed by atoms with Crippen LogP contribution in [0.15, 0.2) is 18.2 Å². The lowest BCUT2D eigenvalue weighted by atomic mass is 10.1. The fourth-order valence-electron chi connectivity index (χ4n) is 1.49. The van der Waals surface area contributed by atoms with Gasteiger partial charge in [-0.25, -0.2) is 0 Å². The molecule has 1 aromatic rings. The number of ether oxygens (including phenoxy) is 1. The van der Waals surface area contributed by atoms with Crippen molar-refractivity contribution in [1.29, 1.82) is 0 Å². The van der Waals surface area contributed by atoms with Crippen molar-refractivity contribution in [2.24, 2.45) is 0 Å². The monoisotopic (exact) mass is 314 g/mol. The van der Waals surface area contributed by atoms with Gasteiger partial charge >= 0.3 is 6.18 Å². The number of fused-ring (bicyclic) bond motifs is 1. The van der Waals surface area contributed by atoms with Gasteiger partial charge in [0.1, 0.15) is 0 Å². The molecule has 14 heavy (non-hydrogen) atoms. The van der Waals surface area contributed by atoms with Crippen molar-refractivity contribution in [1.82, 2.24) is 0 Å². The highest BCUT2D eigenvalue weighted by Gasteiger charge is 2.45. The van der Waals surface area contributed by atoms with E-state index in [2.05, 4.69) is 22.6 Å². The zero-order chi connectivity index (χ0) is 10.3. The fourth-order valence-corrected chi connectivity index (χ4v) is 2.04. The summed E-state index contributed by atoms with van der Waals surface area (Å²) < 4.78 is 42.9. The summed E-state index contributed by atoms with van der Waals surface area (Å²) in [5, 5.41) is 0. The van der Waals surface area contributed by atoms with Crippen LogP contribution in [0.4, 0.5) is 13.2 Å². The Balaban J connectivity index is 2.41. The van der Waals surface area contributed by atoms with Crippen LogP contribution in [-0.2, 0) is 11.3 Å². The van der Waals surface area contributed by atoms with E-state index in [1.165, 1.54) is 6.07 Å². The van der Waals surface area contributed by atoms with E-state index in [-0.39, 0.29) is 12.2 Å². The molecule has 1 aromatic carbocycles. The lowest BCUT2D eigenvalue weighted by molar-refractivity contribution is -0.219. The molecule has 0 fully saturated rings. The van der Waals surface area contributed by atoms with Gasteiger partial charge in [-0.2, -0.15) is 13.2 Å². The van der Waals surface area contributed by atoms with Crippen molar-refractivity contribution in [3.8, 4) is 0 Å². The molecule has 0 amide bonds. The molecule has 1 atom stereocenters. The van der Waals surface area contributed by atoms with Crippen molar-refractivity contribution in [3.63, 3.8) is 0 Å². The predicted molar refractivity (Wildman–Crippen MR) is 52.7 cm³/mol. The highest BCUT2D eigenvalue weighted by molar-refractivity contribution is 14.1. The molecule has 2 rings (SSSR count). The van der Waals surface area contributed by atoms with Crippen molar-refractivity contribution in [2.75, 3.05) is 0 Å². The molecule has 5 heteroatoms. The molecule has 0 spiro atoms. The Labute approximate surface area is 92.4 Å². The van der Waals surface area contributed by atoms with E-state index in [0.717, 1.165) is 3.57 Å². The van der Waals surface area contributed by atoms with Crippen LogP contribution in [0.5, 0.6) is 0 Å². The van der Waals surface area contributed by atoms with Gasteiger partial charge in [-0.3, -0.25) is 0 Å². The molecule has 0 saturated carbocycles. The quantitative estimate of drug-likeness (QED) is 0.667. The van der Waals surface area contributed by atoms with Crippen LogP contribution in [0.3, 0.4) is 0 Å². The van der Waals surface area contributed by atoms with Crippen molar-refractivity contribution >= 4 is 22.6 Å². The molecule has 76 valence electrons. The van der Waals surface area contributed by atoms with E-state index in [1.807, 2.05) is 0 Å². The molecule has 0 radical (unpaired) electrons. The van der Waals surface area contributed by atoms with Crippen LogP contribution in [0.25, 0.3) is 0 Å². The fraction of sp³-hybridized carbons (Fsp3) is 0.333. The normalized spacial score (nSPS) is 21.0. The Kier molecular flexibility index (Phi) is 2.46. The first-order valence-corrected chi connectivity index (χ1v) is 5.03. The average Bonchev–Trinajstić information content (AvgIpc) is 2.45. The largest absolute Gasteiger partial charge is 0.418 e. The van der Waals surface area contributed by atoms with Crippen LogP contribution in [0, 0.1) is 3.57 Å². The van der Waals surface area contributed by atoms with E-state index in [9.17, 15) is 13.2 Å². The molecular formula is C9H6F3IO. The van der Waals surface area contributed by atoms with Crippen LogP contribution in [-0.4, -0.2) is 6.18 Å². The minimum Gasteiger partial charge on any atom is -0.359 e. The van der Waals surface area contributed by atoms with Crippen LogP contribution in [0.1, 0.15) is 17.2 Å². The lowest BCUT2D eigenvalue weighted by Crippen LogP contribution is -2.19. The summed E-state index contributed by atoms with van der Waals surface area (Å²) in [6, 6.07) is 4.87. The topological polar surface area (TPSA) is 9.23 Å². The molecule has 1 nitrogen and oxygen atoms in total. The maximum absolute atomic E-state index is 12.4. The number of benzene rings is 1. The molecule has 0 aliphatic carbocycles. The van der Waals surface area contributed by atoms with Gasteiger partial charge in [0.05, 0.1) is 6.61 Å². The summed E-state index contributed by atoms with van der Waals surface area (Å²) in [5.74, 6) is 0. The minimum absolute atomic E-state index is 0.0519. The molecule has 0 aromatic heterocycles. The Hall–Kier alpha value is -0.300. The first kappa shape index (κ1) is 10.2. The summed E-state index contributed by atoms with van der Waals surface area (Å²) in [6.45, 7) is 0.0519. The Morgan fingerprint density at radius 1 is 1.36 bits per heavy atom.